The molecule has 0 bridgehead atoms. The molecule has 1 unspecified atom stereocenters. The van der Waals surface area contributed by atoms with Crippen molar-refractivity contribution >= 4 is 5.69 Å². The molecule has 1 aliphatic rings. The first-order chi connectivity index (χ1) is 7.72. The van der Waals surface area contributed by atoms with Crippen molar-refractivity contribution < 1.29 is 14.6 Å². The van der Waals surface area contributed by atoms with Gasteiger partial charge in [0.15, 0.2) is 11.5 Å². The third kappa shape index (κ3) is 2.07. The van der Waals surface area contributed by atoms with Crippen LogP contribution in [-0.2, 0) is 0 Å². The minimum atomic E-state index is -0.350. The van der Waals surface area contributed by atoms with Crippen LogP contribution in [0.4, 0.5) is 5.69 Å². The SMILES string of the molecule is COc1cccc2c1OCCN2CC(C)O. The lowest BCUT2D eigenvalue weighted by Crippen LogP contribution is -2.37. The molecule has 1 heterocycles. The zero-order valence-corrected chi connectivity index (χ0v) is 9.64. The van der Waals surface area contributed by atoms with E-state index in [4.69, 9.17) is 9.47 Å². The molecular weight excluding hydrogens is 206 g/mol. The highest BCUT2D eigenvalue weighted by Crippen LogP contribution is 2.39. The van der Waals surface area contributed by atoms with Gasteiger partial charge in [0.25, 0.3) is 0 Å². The smallest absolute Gasteiger partial charge is 0.184 e. The predicted octanol–water partition coefficient (Wildman–Crippen LogP) is 1.27. The number of aliphatic hydroxyl groups excluding tert-OH is 1. The van der Waals surface area contributed by atoms with Crippen molar-refractivity contribution in [2.24, 2.45) is 0 Å². The van der Waals surface area contributed by atoms with Crippen LogP contribution < -0.4 is 14.4 Å². The van der Waals surface area contributed by atoms with Gasteiger partial charge in [-0.25, -0.2) is 0 Å². The third-order valence-electron chi connectivity index (χ3n) is 2.61. The number of benzene rings is 1. The maximum absolute atomic E-state index is 9.44. The Morgan fingerprint density at radius 3 is 3.06 bits per heavy atom. The van der Waals surface area contributed by atoms with Crippen molar-refractivity contribution in [1.82, 2.24) is 0 Å². The van der Waals surface area contributed by atoms with Gasteiger partial charge in [0.2, 0.25) is 0 Å². The molecule has 0 saturated carbocycles. The molecule has 1 atom stereocenters. The van der Waals surface area contributed by atoms with E-state index in [0.717, 1.165) is 23.7 Å². The summed E-state index contributed by atoms with van der Waals surface area (Å²) in [6, 6.07) is 5.80. The largest absolute Gasteiger partial charge is 0.493 e. The zero-order chi connectivity index (χ0) is 11.5. The fraction of sp³-hybridized carbons (Fsp3) is 0.500. The number of para-hydroxylation sites is 1. The van der Waals surface area contributed by atoms with E-state index >= 15 is 0 Å². The summed E-state index contributed by atoms with van der Waals surface area (Å²) in [5.41, 5.74) is 0.992. The standard InChI is InChI=1S/C12H17NO3/c1-9(14)8-13-6-7-16-12-10(13)4-3-5-11(12)15-2/h3-5,9,14H,6-8H2,1-2H3. The molecule has 0 aliphatic carbocycles. The summed E-state index contributed by atoms with van der Waals surface area (Å²) >= 11 is 0. The second kappa shape index (κ2) is 4.61. The van der Waals surface area contributed by atoms with E-state index in [0.29, 0.717) is 13.2 Å². The fourth-order valence-corrected chi connectivity index (χ4v) is 1.95. The van der Waals surface area contributed by atoms with Gasteiger partial charge in [0, 0.05) is 6.54 Å². The molecule has 2 rings (SSSR count). The van der Waals surface area contributed by atoms with Crippen molar-refractivity contribution in [3.8, 4) is 11.5 Å². The number of aliphatic hydroxyl groups is 1. The van der Waals surface area contributed by atoms with Gasteiger partial charge in [-0.1, -0.05) is 6.07 Å². The van der Waals surface area contributed by atoms with E-state index in [2.05, 4.69) is 4.90 Å². The molecule has 0 aromatic heterocycles. The van der Waals surface area contributed by atoms with Gasteiger partial charge in [-0.05, 0) is 19.1 Å². The van der Waals surface area contributed by atoms with Crippen molar-refractivity contribution in [2.45, 2.75) is 13.0 Å². The molecule has 4 nitrogen and oxygen atoms in total. The van der Waals surface area contributed by atoms with Crippen molar-refractivity contribution in [3.63, 3.8) is 0 Å². The Morgan fingerprint density at radius 2 is 2.38 bits per heavy atom. The molecule has 1 N–H and O–H groups in total. The Hall–Kier alpha value is -1.42. The number of fused-ring (bicyclic) bond motifs is 1. The summed E-state index contributed by atoms with van der Waals surface area (Å²) in [5.74, 6) is 1.52. The molecule has 88 valence electrons. The summed E-state index contributed by atoms with van der Waals surface area (Å²) in [7, 11) is 1.63. The normalized spacial score (nSPS) is 16.3. The van der Waals surface area contributed by atoms with Crippen LogP contribution in [0.25, 0.3) is 0 Å². The lowest BCUT2D eigenvalue weighted by atomic mass is 10.2. The summed E-state index contributed by atoms with van der Waals surface area (Å²) < 4.78 is 10.9. The summed E-state index contributed by atoms with van der Waals surface area (Å²) in [5, 5.41) is 9.44. The highest BCUT2D eigenvalue weighted by atomic mass is 16.5. The van der Waals surface area contributed by atoms with E-state index < -0.39 is 0 Å². The van der Waals surface area contributed by atoms with Crippen LogP contribution in [0.3, 0.4) is 0 Å². The second-order valence-corrected chi connectivity index (χ2v) is 3.95. The maximum atomic E-state index is 9.44. The number of hydrogen-bond donors (Lipinski definition) is 1. The molecule has 0 spiro atoms. The molecule has 0 amide bonds. The summed E-state index contributed by atoms with van der Waals surface area (Å²) in [6.45, 7) is 3.82. The first kappa shape index (κ1) is 11.1. The average molecular weight is 223 g/mol. The molecule has 0 radical (unpaired) electrons. The van der Waals surface area contributed by atoms with Gasteiger partial charge in [0.1, 0.15) is 6.61 Å². The minimum Gasteiger partial charge on any atom is -0.493 e. The highest BCUT2D eigenvalue weighted by Gasteiger charge is 2.21. The van der Waals surface area contributed by atoms with Crippen LogP contribution in [0.1, 0.15) is 6.92 Å². The van der Waals surface area contributed by atoms with Crippen LogP contribution in [0.5, 0.6) is 11.5 Å². The number of nitrogens with zero attached hydrogens (tertiary/aromatic N) is 1. The van der Waals surface area contributed by atoms with Crippen LogP contribution in [-0.4, -0.2) is 38.0 Å². The van der Waals surface area contributed by atoms with E-state index in [1.165, 1.54) is 0 Å². The van der Waals surface area contributed by atoms with Crippen LogP contribution in [0.15, 0.2) is 18.2 Å². The number of β-amino-alcohol motifs (C(OH)–C–C–N with tert-alkyl or cyclic N) is 1. The number of rotatable bonds is 3. The maximum Gasteiger partial charge on any atom is 0.184 e. The number of ether oxygens (including phenoxy) is 2. The molecule has 1 aliphatic heterocycles. The Balaban J connectivity index is 2.31. The molecule has 16 heavy (non-hydrogen) atoms. The number of anilines is 1. The average Bonchev–Trinajstić information content (AvgIpc) is 2.28. The molecule has 0 fully saturated rings. The van der Waals surface area contributed by atoms with Gasteiger partial charge in [0.05, 0.1) is 25.4 Å². The van der Waals surface area contributed by atoms with Crippen LogP contribution in [0.2, 0.25) is 0 Å². The molecular formula is C12H17NO3. The highest BCUT2D eigenvalue weighted by molar-refractivity contribution is 5.65. The Bertz CT molecular complexity index is 365. The van der Waals surface area contributed by atoms with E-state index in [-0.39, 0.29) is 6.10 Å². The van der Waals surface area contributed by atoms with Gasteiger partial charge in [-0.2, -0.15) is 0 Å². The van der Waals surface area contributed by atoms with Gasteiger partial charge >= 0.3 is 0 Å². The molecule has 4 heteroatoms. The van der Waals surface area contributed by atoms with Gasteiger partial charge in [-0.15, -0.1) is 0 Å². The molecule has 0 saturated heterocycles. The molecule has 1 aromatic carbocycles. The van der Waals surface area contributed by atoms with E-state index in [9.17, 15) is 5.11 Å². The number of hydrogen-bond acceptors (Lipinski definition) is 4. The zero-order valence-electron chi connectivity index (χ0n) is 9.64. The van der Waals surface area contributed by atoms with Gasteiger partial charge < -0.3 is 19.5 Å². The lowest BCUT2D eigenvalue weighted by Gasteiger charge is -2.32. The first-order valence-corrected chi connectivity index (χ1v) is 5.45. The summed E-state index contributed by atoms with van der Waals surface area (Å²) in [6.07, 6.45) is -0.350. The Labute approximate surface area is 95.4 Å². The van der Waals surface area contributed by atoms with Crippen molar-refractivity contribution in [1.29, 1.82) is 0 Å². The molecule has 1 aromatic rings. The minimum absolute atomic E-state index is 0.350. The number of methoxy groups -OCH3 is 1. The predicted molar refractivity (Wildman–Crippen MR) is 62.4 cm³/mol. The first-order valence-electron chi connectivity index (χ1n) is 5.45. The fourth-order valence-electron chi connectivity index (χ4n) is 1.95. The van der Waals surface area contributed by atoms with Gasteiger partial charge in [-0.3, -0.25) is 0 Å². The van der Waals surface area contributed by atoms with E-state index in [1.54, 1.807) is 14.0 Å². The van der Waals surface area contributed by atoms with Crippen molar-refractivity contribution in [2.75, 3.05) is 31.7 Å². The third-order valence-corrected chi connectivity index (χ3v) is 2.61. The quantitative estimate of drug-likeness (QED) is 0.838. The Morgan fingerprint density at radius 1 is 1.56 bits per heavy atom. The van der Waals surface area contributed by atoms with Crippen LogP contribution in [0, 0.1) is 0 Å². The monoisotopic (exact) mass is 223 g/mol. The van der Waals surface area contributed by atoms with Crippen molar-refractivity contribution in [3.05, 3.63) is 18.2 Å². The summed E-state index contributed by atoms with van der Waals surface area (Å²) in [4.78, 5) is 2.12. The topological polar surface area (TPSA) is 41.9 Å². The second-order valence-electron chi connectivity index (χ2n) is 3.95. The van der Waals surface area contributed by atoms with E-state index in [1.807, 2.05) is 18.2 Å². The Kier molecular flexibility index (Phi) is 3.19. The lowest BCUT2D eigenvalue weighted by molar-refractivity contribution is 0.194. The van der Waals surface area contributed by atoms with Crippen LogP contribution >= 0.6 is 0 Å².